The topological polar surface area (TPSA) is 57.2 Å². The Labute approximate surface area is 144 Å². The van der Waals surface area contributed by atoms with E-state index in [4.69, 9.17) is 19.6 Å². The average Bonchev–Trinajstić information content (AvgIpc) is 3.36. The van der Waals surface area contributed by atoms with E-state index >= 15 is 0 Å². The lowest BCUT2D eigenvalue weighted by Gasteiger charge is -2.60. The molecule has 7 rings (SSSR count). The largest absolute Gasteiger partial charge is 0.242 e. The predicted octanol–water partition coefficient (Wildman–Crippen LogP) is 2.42. The first-order chi connectivity index (χ1) is 11.6. The molecule has 6 nitrogen and oxygen atoms in total. The van der Waals surface area contributed by atoms with Crippen LogP contribution in [0.3, 0.4) is 0 Å². The summed E-state index contributed by atoms with van der Waals surface area (Å²) < 4.78 is 14.4. The molecule has 0 aromatic heterocycles. The molecule has 0 aromatic carbocycles. The summed E-state index contributed by atoms with van der Waals surface area (Å²) in [7, 11) is -0.840. The van der Waals surface area contributed by atoms with Gasteiger partial charge in [-0.15, -0.1) is 0 Å². The summed E-state index contributed by atoms with van der Waals surface area (Å²) in [5.41, 5.74) is 0.584. The molecule has 2 heterocycles. The summed E-state index contributed by atoms with van der Waals surface area (Å²) in [6, 6.07) is 0. The van der Waals surface area contributed by atoms with Gasteiger partial charge in [0.2, 0.25) is 11.6 Å². The highest BCUT2D eigenvalue weighted by Crippen LogP contribution is 2.71. The van der Waals surface area contributed by atoms with E-state index in [2.05, 4.69) is 4.31 Å². The third-order valence-electron chi connectivity index (χ3n) is 7.40. The molecule has 5 saturated carbocycles. The Kier molecular flexibility index (Phi) is 3.02. The lowest BCUT2D eigenvalue weighted by atomic mass is 9.53. The van der Waals surface area contributed by atoms with Crippen LogP contribution >= 0.6 is 0 Å². The zero-order valence-corrected chi connectivity index (χ0v) is 14.7. The molecule has 7 aliphatic rings. The van der Waals surface area contributed by atoms with Crippen LogP contribution in [0, 0.1) is 17.3 Å². The van der Waals surface area contributed by atoms with Gasteiger partial charge in [0, 0.05) is 43.0 Å². The maximum Gasteiger partial charge on any atom is 0.239 e. The predicted molar refractivity (Wildman–Crippen MR) is 84.3 cm³/mol. The van der Waals surface area contributed by atoms with Crippen molar-refractivity contribution < 1.29 is 23.8 Å². The Morgan fingerprint density at radius 2 is 1.50 bits per heavy atom. The minimum Gasteiger partial charge on any atom is -0.242 e. The van der Waals surface area contributed by atoms with E-state index in [0.29, 0.717) is 48.4 Å². The lowest BCUT2D eigenvalue weighted by Crippen LogP contribution is -2.65. The highest BCUT2D eigenvalue weighted by Gasteiger charge is 2.71. The maximum atomic E-state index is 12.3. The first kappa shape index (κ1) is 15.1. The molecule has 24 heavy (non-hydrogen) atoms. The molecule has 3 bridgehead atoms. The van der Waals surface area contributed by atoms with Gasteiger partial charge >= 0.3 is 0 Å². The minimum absolute atomic E-state index is 0.381. The minimum atomic E-state index is -0.840. The van der Waals surface area contributed by atoms with Crippen molar-refractivity contribution in [2.75, 3.05) is 13.1 Å². The van der Waals surface area contributed by atoms with Gasteiger partial charge in [0.25, 0.3) is 0 Å². The fourth-order valence-corrected chi connectivity index (χ4v) is 7.26. The van der Waals surface area contributed by atoms with E-state index in [1.165, 1.54) is 25.7 Å². The van der Waals surface area contributed by atoms with Crippen LogP contribution in [0.4, 0.5) is 0 Å². The SMILES string of the molecule is O=S(C1CC1)N1CCC2(CC1)OOC1(OO2)C2CCC3(C2)CC1C3. The Bertz CT molecular complexity index is 570. The fraction of sp³-hybridized carbons (Fsp3) is 1.00. The zero-order valence-electron chi connectivity index (χ0n) is 13.9. The number of piperidine rings is 1. The normalized spacial score (nSPS) is 46.8. The Morgan fingerprint density at radius 1 is 0.833 bits per heavy atom. The molecule has 134 valence electrons. The molecule has 2 aliphatic heterocycles. The van der Waals surface area contributed by atoms with Crippen LogP contribution in [0.25, 0.3) is 0 Å². The summed E-state index contributed by atoms with van der Waals surface area (Å²) >= 11 is 0. The number of hydrogen-bond donors (Lipinski definition) is 0. The molecule has 0 aromatic rings. The summed E-state index contributed by atoms with van der Waals surface area (Å²) in [6.45, 7) is 1.41. The Morgan fingerprint density at radius 3 is 2.17 bits per heavy atom. The summed E-state index contributed by atoms with van der Waals surface area (Å²) in [4.78, 5) is 23.7. The van der Waals surface area contributed by atoms with Gasteiger partial charge in [0.1, 0.15) is 0 Å². The standard InChI is InChI=1S/C17H25NO5S/c19-24(14-1-2-14)18-7-5-16(6-8-18)20-22-17(23-21-16)12-3-4-15(9-12)10-13(17)11-15/h12-14H,1-11H2. The van der Waals surface area contributed by atoms with Crippen molar-refractivity contribution in [2.24, 2.45) is 17.3 Å². The monoisotopic (exact) mass is 355 g/mol. The molecular formula is C17H25NO5S. The van der Waals surface area contributed by atoms with E-state index in [-0.39, 0.29) is 0 Å². The third-order valence-corrected chi connectivity index (χ3v) is 9.31. The zero-order chi connectivity index (χ0) is 16.0. The van der Waals surface area contributed by atoms with Crippen LogP contribution in [-0.4, -0.2) is 38.4 Å². The first-order valence-electron chi connectivity index (χ1n) is 9.52. The van der Waals surface area contributed by atoms with E-state index in [0.717, 1.165) is 19.3 Å². The molecule has 2 unspecified atom stereocenters. The number of rotatable bonds is 2. The van der Waals surface area contributed by atoms with Crippen molar-refractivity contribution in [3.63, 3.8) is 0 Å². The molecule has 7 fully saturated rings. The first-order valence-corrected chi connectivity index (χ1v) is 10.7. The molecule has 2 saturated heterocycles. The van der Waals surface area contributed by atoms with Crippen molar-refractivity contribution in [1.29, 1.82) is 0 Å². The highest BCUT2D eigenvalue weighted by molar-refractivity contribution is 7.83. The van der Waals surface area contributed by atoms with E-state index < -0.39 is 22.6 Å². The summed E-state index contributed by atoms with van der Waals surface area (Å²) in [5, 5.41) is 0.381. The molecule has 7 heteroatoms. The molecule has 0 amide bonds. The fourth-order valence-electron chi connectivity index (χ4n) is 5.76. The van der Waals surface area contributed by atoms with Crippen LogP contribution in [0.1, 0.15) is 57.8 Å². The molecule has 5 aliphatic carbocycles. The van der Waals surface area contributed by atoms with Crippen LogP contribution in [-0.2, 0) is 30.5 Å². The van der Waals surface area contributed by atoms with Gasteiger partial charge in [0.15, 0.2) is 0 Å². The quantitative estimate of drug-likeness (QED) is 0.712. The summed E-state index contributed by atoms with van der Waals surface area (Å²) in [6.07, 6.45) is 9.51. The van der Waals surface area contributed by atoms with Gasteiger partial charge in [-0.05, 0) is 50.4 Å². The van der Waals surface area contributed by atoms with E-state index in [1.54, 1.807) is 0 Å². The molecule has 2 atom stereocenters. The van der Waals surface area contributed by atoms with Gasteiger partial charge in [-0.25, -0.2) is 8.51 Å². The van der Waals surface area contributed by atoms with Gasteiger partial charge in [-0.1, -0.05) is 0 Å². The summed E-state index contributed by atoms with van der Waals surface area (Å²) in [5.74, 6) is -0.660. The second kappa shape index (κ2) is 4.81. The molecule has 0 radical (unpaired) electrons. The third kappa shape index (κ3) is 1.97. The van der Waals surface area contributed by atoms with Crippen LogP contribution < -0.4 is 0 Å². The second-order valence-corrected chi connectivity index (χ2v) is 10.7. The van der Waals surface area contributed by atoms with E-state index in [1.807, 2.05) is 0 Å². The van der Waals surface area contributed by atoms with Gasteiger partial charge in [0.05, 0.1) is 11.0 Å². The average molecular weight is 355 g/mol. The van der Waals surface area contributed by atoms with Crippen molar-refractivity contribution in [3.8, 4) is 0 Å². The van der Waals surface area contributed by atoms with Crippen molar-refractivity contribution in [2.45, 2.75) is 74.6 Å². The van der Waals surface area contributed by atoms with Crippen molar-refractivity contribution in [1.82, 2.24) is 4.31 Å². The smallest absolute Gasteiger partial charge is 0.239 e. The van der Waals surface area contributed by atoms with E-state index in [9.17, 15) is 4.21 Å². The van der Waals surface area contributed by atoms with Crippen LogP contribution in [0.15, 0.2) is 0 Å². The Hall–Kier alpha value is -0.0500. The molecular weight excluding hydrogens is 330 g/mol. The highest BCUT2D eigenvalue weighted by atomic mass is 32.2. The molecule has 3 spiro atoms. The number of hydrogen-bond acceptors (Lipinski definition) is 5. The second-order valence-electron chi connectivity index (χ2n) is 8.91. The molecule has 0 N–H and O–H groups in total. The van der Waals surface area contributed by atoms with Gasteiger partial charge in [-0.3, -0.25) is 0 Å². The van der Waals surface area contributed by atoms with Crippen LogP contribution in [0.2, 0.25) is 0 Å². The number of nitrogens with zero attached hydrogens (tertiary/aromatic N) is 1. The van der Waals surface area contributed by atoms with Gasteiger partial charge < -0.3 is 0 Å². The van der Waals surface area contributed by atoms with Crippen LogP contribution in [0.5, 0.6) is 0 Å². The van der Waals surface area contributed by atoms with Crippen molar-refractivity contribution >= 4 is 11.0 Å². The Balaban J connectivity index is 1.13. The van der Waals surface area contributed by atoms with Crippen molar-refractivity contribution in [3.05, 3.63) is 0 Å². The van der Waals surface area contributed by atoms with Gasteiger partial charge in [-0.2, -0.15) is 19.6 Å². The lowest BCUT2D eigenvalue weighted by molar-refractivity contribution is -0.680. The maximum absolute atomic E-state index is 12.3.